The average molecular weight is 391 g/mol. The monoisotopic (exact) mass is 390 g/mol. The minimum absolute atomic E-state index is 0.0773. The van der Waals surface area contributed by atoms with E-state index in [1.54, 1.807) is 12.1 Å². The summed E-state index contributed by atoms with van der Waals surface area (Å²) in [5.74, 6) is -0.722. The first-order valence-corrected chi connectivity index (χ1v) is 11.8. The number of nitrogens with zero attached hydrogens (tertiary/aromatic N) is 1. The van der Waals surface area contributed by atoms with Gasteiger partial charge in [0.15, 0.2) is 9.84 Å². The molecule has 6 nitrogen and oxygen atoms in total. The molecule has 0 spiro atoms. The van der Waals surface area contributed by atoms with Gasteiger partial charge in [0.25, 0.3) is 0 Å². The van der Waals surface area contributed by atoms with Crippen LogP contribution >= 0.6 is 0 Å². The third kappa shape index (κ3) is 4.58. The quantitative estimate of drug-likeness (QED) is 0.786. The van der Waals surface area contributed by atoms with Crippen molar-refractivity contribution in [1.82, 2.24) is 9.62 Å². The van der Waals surface area contributed by atoms with Gasteiger partial charge in [-0.2, -0.15) is 0 Å². The Morgan fingerprint density at radius 1 is 1.20 bits per heavy atom. The number of nitrogens with one attached hydrogen (secondary N) is 1. The van der Waals surface area contributed by atoms with Crippen LogP contribution in [0.2, 0.25) is 0 Å². The van der Waals surface area contributed by atoms with E-state index in [0.717, 1.165) is 31.5 Å². The summed E-state index contributed by atoms with van der Waals surface area (Å²) in [6.45, 7) is 1.88. The molecule has 1 aromatic rings. The summed E-state index contributed by atoms with van der Waals surface area (Å²) in [7, 11) is -6.96. The molecule has 2 fully saturated rings. The van der Waals surface area contributed by atoms with Gasteiger partial charge in [0.2, 0.25) is 10.0 Å². The topological polar surface area (TPSA) is 83.5 Å². The molecule has 0 aromatic heterocycles. The van der Waals surface area contributed by atoms with E-state index in [4.69, 9.17) is 0 Å². The van der Waals surface area contributed by atoms with Gasteiger partial charge in [-0.25, -0.2) is 25.9 Å². The Balaban J connectivity index is 1.73. The van der Waals surface area contributed by atoms with E-state index in [1.807, 2.05) is 0 Å². The van der Waals surface area contributed by atoms with Crippen molar-refractivity contribution in [2.75, 3.05) is 31.1 Å². The summed E-state index contributed by atoms with van der Waals surface area (Å²) in [4.78, 5) is 2.18. The number of sulfone groups is 1. The smallest absolute Gasteiger partial charge is 0.215 e. The van der Waals surface area contributed by atoms with Gasteiger partial charge in [0.1, 0.15) is 5.82 Å². The van der Waals surface area contributed by atoms with Crippen molar-refractivity contribution >= 4 is 19.9 Å². The second-order valence-corrected chi connectivity index (χ2v) is 11.0. The third-order valence-corrected chi connectivity index (χ3v) is 8.77. The van der Waals surface area contributed by atoms with E-state index >= 15 is 0 Å². The van der Waals surface area contributed by atoms with Gasteiger partial charge in [0, 0.05) is 12.6 Å². The molecule has 0 bridgehead atoms. The van der Waals surface area contributed by atoms with Gasteiger partial charge < -0.3 is 0 Å². The normalized spacial score (nSPS) is 25.2. The van der Waals surface area contributed by atoms with Crippen LogP contribution in [-0.4, -0.2) is 58.1 Å². The molecular formula is C16H23FN2O4S2. The highest BCUT2D eigenvalue weighted by Crippen LogP contribution is 2.26. The van der Waals surface area contributed by atoms with Gasteiger partial charge in [0.05, 0.1) is 16.8 Å². The Kier molecular flexibility index (Phi) is 5.48. The number of hydrogen-bond donors (Lipinski definition) is 1. The predicted molar refractivity (Wildman–Crippen MR) is 93.9 cm³/mol. The minimum Gasteiger partial charge on any atom is -0.295 e. The molecule has 0 amide bonds. The number of benzene rings is 1. The number of rotatable bonds is 6. The van der Waals surface area contributed by atoms with Crippen LogP contribution in [0.25, 0.3) is 0 Å². The fourth-order valence-corrected chi connectivity index (χ4v) is 7.60. The first-order chi connectivity index (χ1) is 11.8. The van der Waals surface area contributed by atoms with Crippen LogP contribution in [0.5, 0.6) is 0 Å². The highest BCUT2D eigenvalue weighted by atomic mass is 32.2. The maximum absolute atomic E-state index is 13.2. The first kappa shape index (κ1) is 18.8. The van der Waals surface area contributed by atoms with E-state index < -0.39 is 25.1 Å². The van der Waals surface area contributed by atoms with Crippen LogP contribution in [0.4, 0.5) is 4.39 Å². The SMILES string of the molecule is O=S1(=O)CC[C@@H](S(=O)(=O)NC[C@@H](c2ccc(F)cc2)N2CCCC2)C1. The molecule has 25 heavy (non-hydrogen) atoms. The molecular weight excluding hydrogens is 367 g/mol. The van der Waals surface area contributed by atoms with E-state index in [-0.39, 0.29) is 36.3 Å². The first-order valence-electron chi connectivity index (χ1n) is 8.45. The molecule has 0 unspecified atom stereocenters. The van der Waals surface area contributed by atoms with E-state index in [0.29, 0.717) is 0 Å². The van der Waals surface area contributed by atoms with E-state index in [9.17, 15) is 21.2 Å². The van der Waals surface area contributed by atoms with Gasteiger partial charge in [-0.3, -0.25) is 4.90 Å². The van der Waals surface area contributed by atoms with Crippen LogP contribution in [-0.2, 0) is 19.9 Å². The Morgan fingerprint density at radius 2 is 1.84 bits per heavy atom. The van der Waals surface area contributed by atoms with Crippen molar-refractivity contribution in [3.8, 4) is 0 Å². The minimum atomic E-state index is -3.70. The average Bonchev–Trinajstić information content (AvgIpc) is 3.19. The summed E-state index contributed by atoms with van der Waals surface area (Å²) in [6.07, 6.45) is 2.24. The van der Waals surface area contributed by atoms with Gasteiger partial charge in [-0.1, -0.05) is 12.1 Å². The largest absolute Gasteiger partial charge is 0.295 e. The lowest BCUT2D eigenvalue weighted by Gasteiger charge is -2.28. The van der Waals surface area contributed by atoms with E-state index in [1.165, 1.54) is 12.1 Å². The summed E-state index contributed by atoms with van der Waals surface area (Å²) in [5.41, 5.74) is 0.852. The zero-order valence-electron chi connectivity index (χ0n) is 13.9. The van der Waals surface area contributed by atoms with Crippen LogP contribution in [0.1, 0.15) is 30.9 Å². The number of hydrogen-bond acceptors (Lipinski definition) is 5. The maximum atomic E-state index is 13.2. The standard InChI is InChI=1S/C16H23FN2O4S2/c17-14-5-3-13(4-6-14)16(19-8-1-2-9-19)11-18-25(22,23)15-7-10-24(20,21)12-15/h3-6,15-16,18H,1-2,7-12H2/t15-,16+/m1/s1. The summed E-state index contributed by atoms with van der Waals surface area (Å²) >= 11 is 0. The second-order valence-electron chi connectivity index (χ2n) is 6.73. The van der Waals surface area contributed by atoms with Crippen LogP contribution in [0, 0.1) is 5.82 Å². The fraction of sp³-hybridized carbons (Fsp3) is 0.625. The zero-order chi connectivity index (χ0) is 18.1. The third-order valence-electron chi connectivity index (χ3n) is 4.94. The Morgan fingerprint density at radius 3 is 2.40 bits per heavy atom. The molecule has 0 saturated carbocycles. The van der Waals surface area contributed by atoms with Gasteiger partial charge >= 0.3 is 0 Å². The molecule has 2 aliphatic heterocycles. The molecule has 0 radical (unpaired) electrons. The number of halogens is 1. The van der Waals surface area contributed by atoms with Gasteiger partial charge in [-0.15, -0.1) is 0 Å². The van der Waals surface area contributed by atoms with Crippen LogP contribution in [0.3, 0.4) is 0 Å². The van der Waals surface area contributed by atoms with Crippen LogP contribution < -0.4 is 4.72 Å². The molecule has 2 saturated heterocycles. The van der Waals surface area contributed by atoms with Gasteiger partial charge in [-0.05, 0) is 50.0 Å². The van der Waals surface area contributed by atoms with Crippen molar-refractivity contribution in [3.05, 3.63) is 35.6 Å². The van der Waals surface area contributed by atoms with Crippen molar-refractivity contribution in [3.63, 3.8) is 0 Å². The summed E-state index contributed by atoms with van der Waals surface area (Å²) in [6, 6.07) is 5.91. The molecule has 0 aliphatic carbocycles. The lowest BCUT2D eigenvalue weighted by Crippen LogP contribution is -2.41. The number of likely N-dealkylation sites (tertiary alicyclic amines) is 1. The Hall–Kier alpha value is -1.03. The van der Waals surface area contributed by atoms with Crippen molar-refractivity contribution in [2.45, 2.75) is 30.6 Å². The second kappa shape index (κ2) is 7.30. The van der Waals surface area contributed by atoms with Crippen molar-refractivity contribution in [1.29, 1.82) is 0 Å². The lowest BCUT2D eigenvalue weighted by molar-refractivity contribution is 0.246. The molecule has 2 aliphatic rings. The highest BCUT2D eigenvalue weighted by Gasteiger charge is 2.37. The van der Waals surface area contributed by atoms with Crippen LogP contribution in [0.15, 0.2) is 24.3 Å². The molecule has 2 heterocycles. The molecule has 1 N–H and O–H groups in total. The molecule has 1 aromatic carbocycles. The maximum Gasteiger partial charge on any atom is 0.215 e. The summed E-state index contributed by atoms with van der Waals surface area (Å²) < 4.78 is 63.8. The highest BCUT2D eigenvalue weighted by molar-refractivity contribution is 7.95. The van der Waals surface area contributed by atoms with E-state index in [2.05, 4.69) is 9.62 Å². The summed E-state index contributed by atoms with van der Waals surface area (Å²) in [5, 5.41) is -0.884. The zero-order valence-corrected chi connectivity index (χ0v) is 15.5. The fourth-order valence-electron chi connectivity index (χ4n) is 3.51. The van der Waals surface area contributed by atoms with Crippen molar-refractivity contribution < 1.29 is 21.2 Å². The molecule has 3 rings (SSSR count). The Bertz CT molecular complexity index is 803. The Labute approximate surface area is 148 Å². The molecule has 140 valence electrons. The lowest BCUT2D eigenvalue weighted by atomic mass is 10.1. The molecule has 9 heteroatoms. The molecule has 2 atom stereocenters. The predicted octanol–water partition coefficient (Wildman–Crippen LogP) is 1.07. The van der Waals surface area contributed by atoms with Crippen molar-refractivity contribution in [2.24, 2.45) is 0 Å². The number of sulfonamides is 1.